The van der Waals surface area contributed by atoms with Gasteiger partial charge in [0.2, 0.25) is 5.82 Å². The number of anilines is 1. The molecule has 0 aliphatic heterocycles. The Hall–Kier alpha value is -1.59. The summed E-state index contributed by atoms with van der Waals surface area (Å²) in [5.41, 5.74) is 0.542. The van der Waals surface area contributed by atoms with Gasteiger partial charge in [0.05, 0.1) is 0 Å². The smallest absolute Gasteiger partial charge is 0.413 e. The highest BCUT2D eigenvalue weighted by Crippen LogP contribution is 2.20. The maximum atomic E-state index is 11.5. The number of carbonyl (C=O) groups excluding carboxylic acids is 1. The van der Waals surface area contributed by atoms with Crippen LogP contribution in [-0.4, -0.2) is 22.5 Å². The molecule has 2 rings (SSSR count). The SMILES string of the molecule is Cc1nonc1NC(=O)OC1CCCCC1. The zero-order valence-corrected chi connectivity index (χ0v) is 9.23. The molecule has 0 atom stereocenters. The molecule has 1 aliphatic rings. The van der Waals surface area contributed by atoms with Crippen molar-refractivity contribution in [3.63, 3.8) is 0 Å². The van der Waals surface area contributed by atoms with Crippen molar-refractivity contribution < 1.29 is 14.2 Å². The van der Waals surface area contributed by atoms with E-state index in [4.69, 9.17) is 4.74 Å². The zero-order valence-electron chi connectivity index (χ0n) is 9.23. The predicted molar refractivity (Wildman–Crippen MR) is 56.0 cm³/mol. The first-order chi connectivity index (χ1) is 7.75. The Balaban J connectivity index is 1.82. The van der Waals surface area contributed by atoms with Gasteiger partial charge >= 0.3 is 6.09 Å². The molecule has 0 aromatic carbocycles. The summed E-state index contributed by atoms with van der Waals surface area (Å²) < 4.78 is 9.73. The minimum atomic E-state index is -0.481. The van der Waals surface area contributed by atoms with Gasteiger partial charge in [-0.2, -0.15) is 0 Å². The monoisotopic (exact) mass is 225 g/mol. The van der Waals surface area contributed by atoms with Gasteiger partial charge in [0.1, 0.15) is 11.8 Å². The topological polar surface area (TPSA) is 77.3 Å². The van der Waals surface area contributed by atoms with E-state index >= 15 is 0 Å². The molecule has 1 aromatic rings. The van der Waals surface area contributed by atoms with E-state index in [-0.39, 0.29) is 6.10 Å². The lowest BCUT2D eigenvalue weighted by molar-refractivity contribution is 0.0863. The lowest BCUT2D eigenvalue weighted by Crippen LogP contribution is -2.24. The van der Waals surface area contributed by atoms with Crippen molar-refractivity contribution in [2.75, 3.05) is 5.32 Å². The number of aromatic nitrogens is 2. The second-order valence-electron chi connectivity index (χ2n) is 3.99. The van der Waals surface area contributed by atoms with Crippen molar-refractivity contribution in [3.05, 3.63) is 5.69 Å². The summed E-state index contributed by atoms with van der Waals surface area (Å²) in [6.07, 6.45) is 4.94. The number of hydrogen-bond donors (Lipinski definition) is 1. The normalized spacial score (nSPS) is 17.1. The Morgan fingerprint density at radius 3 is 2.75 bits per heavy atom. The van der Waals surface area contributed by atoms with Crippen LogP contribution in [0.2, 0.25) is 0 Å². The number of aryl methyl sites for hydroxylation is 1. The van der Waals surface area contributed by atoms with E-state index < -0.39 is 6.09 Å². The summed E-state index contributed by atoms with van der Waals surface area (Å²) in [6, 6.07) is 0. The van der Waals surface area contributed by atoms with Gasteiger partial charge in [0.25, 0.3) is 0 Å². The second-order valence-corrected chi connectivity index (χ2v) is 3.99. The van der Waals surface area contributed by atoms with Gasteiger partial charge < -0.3 is 4.74 Å². The van der Waals surface area contributed by atoms with Crippen LogP contribution in [-0.2, 0) is 4.74 Å². The maximum absolute atomic E-state index is 11.5. The van der Waals surface area contributed by atoms with Crippen LogP contribution in [0.5, 0.6) is 0 Å². The molecule has 1 fully saturated rings. The minimum Gasteiger partial charge on any atom is -0.446 e. The second kappa shape index (κ2) is 4.96. The van der Waals surface area contributed by atoms with E-state index in [0.717, 1.165) is 25.7 Å². The van der Waals surface area contributed by atoms with Gasteiger partial charge in [-0.25, -0.2) is 9.42 Å². The largest absolute Gasteiger partial charge is 0.446 e. The molecule has 1 amide bonds. The summed E-state index contributed by atoms with van der Waals surface area (Å²) >= 11 is 0. The van der Waals surface area contributed by atoms with Crippen LogP contribution in [0.1, 0.15) is 37.8 Å². The van der Waals surface area contributed by atoms with E-state index in [1.165, 1.54) is 6.42 Å². The molecule has 6 heteroatoms. The fourth-order valence-electron chi connectivity index (χ4n) is 1.81. The Bertz CT molecular complexity index is 358. The van der Waals surface area contributed by atoms with E-state index in [9.17, 15) is 4.79 Å². The molecule has 1 heterocycles. The molecule has 1 aliphatic carbocycles. The average Bonchev–Trinajstić information content (AvgIpc) is 2.66. The maximum Gasteiger partial charge on any atom is 0.413 e. The van der Waals surface area contributed by atoms with Gasteiger partial charge in [0.15, 0.2) is 0 Å². The summed E-state index contributed by atoms with van der Waals surface area (Å²) in [5, 5.41) is 9.62. The first-order valence-corrected chi connectivity index (χ1v) is 5.52. The molecule has 0 bridgehead atoms. The lowest BCUT2D eigenvalue weighted by atomic mass is 9.98. The highest BCUT2D eigenvalue weighted by molar-refractivity contribution is 5.83. The third-order valence-corrected chi connectivity index (χ3v) is 2.70. The third kappa shape index (κ3) is 2.71. The van der Waals surface area contributed by atoms with Gasteiger partial charge in [-0.15, -0.1) is 0 Å². The Morgan fingerprint density at radius 2 is 2.12 bits per heavy atom. The van der Waals surface area contributed by atoms with Crippen molar-refractivity contribution in [3.8, 4) is 0 Å². The summed E-state index contributed by atoms with van der Waals surface area (Å²) in [7, 11) is 0. The predicted octanol–water partition coefficient (Wildman–Crippen LogP) is 2.26. The van der Waals surface area contributed by atoms with Crippen molar-refractivity contribution in [1.82, 2.24) is 10.3 Å². The van der Waals surface area contributed by atoms with Crippen LogP contribution in [0.4, 0.5) is 10.6 Å². The van der Waals surface area contributed by atoms with Crippen LogP contribution in [0.25, 0.3) is 0 Å². The average molecular weight is 225 g/mol. The number of amides is 1. The standard InChI is InChI=1S/C10H15N3O3/c1-7-9(13-16-12-7)11-10(14)15-8-5-3-2-4-6-8/h8H,2-6H2,1H3,(H,11,13,14). The van der Waals surface area contributed by atoms with Gasteiger partial charge in [-0.3, -0.25) is 5.32 Å². The van der Waals surface area contributed by atoms with E-state index in [1.54, 1.807) is 6.92 Å². The molecule has 0 spiro atoms. The molecule has 1 aromatic heterocycles. The molecule has 1 saturated carbocycles. The quantitative estimate of drug-likeness (QED) is 0.835. The van der Waals surface area contributed by atoms with E-state index in [0.29, 0.717) is 11.5 Å². The molecular formula is C10H15N3O3. The number of ether oxygens (including phenoxy) is 1. The molecule has 88 valence electrons. The summed E-state index contributed by atoms with van der Waals surface area (Å²) in [6.45, 7) is 1.70. The summed E-state index contributed by atoms with van der Waals surface area (Å²) in [4.78, 5) is 11.5. The Kier molecular flexibility index (Phi) is 3.38. The lowest BCUT2D eigenvalue weighted by Gasteiger charge is -2.21. The molecule has 16 heavy (non-hydrogen) atoms. The Morgan fingerprint density at radius 1 is 1.38 bits per heavy atom. The van der Waals surface area contributed by atoms with Gasteiger partial charge in [0, 0.05) is 0 Å². The highest BCUT2D eigenvalue weighted by atomic mass is 16.6. The van der Waals surface area contributed by atoms with E-state index in [1.807, 2.05) is 0 Å². The number of rotatable bonds is 2. The molecule has 0 saturated heterocycles. The van der Waals surface area contributed by atoms with Crippen molar-refractivity contribution in [2.45, 2.75) is 45.1 Å². The highest BCUT2D eigenvalue weighted by Gasteiger charge is 2.18. The molecule has 0 unspecified atom stereocenters. The molecule has 0 radical (unpaired) electrons. The molecular weight excluding hydrogens is 210 g/mol. The Labute approximate surface area is 93.3 Å². The number of carbonyl (C=O) groups is 1. The number of nitrogens with one attached hydrogen (secondary N) is 1. The van der Waals surface area contributed by atoms with Crippen LogP contribution in [0, 0.1) is 6.92 Å². The zero-order chi connectivity index (χ0) is 11.4. The first-order valence-electron chi connectivity index (χ1n) is 5.52. The molecule has 1 N–H and O–H groups in total. The number of nitrogens with zero attached hydrogens (tertiary/aromatic N) is 2. The fraction of sp³-hybridized carbons (Fsp3) is 0.700. The van der Waals surface area contributed by atoms with Gasteiger partial charge in [-0.1, -0.05) is 11.6 Å². The number of hydrogen-bond acceptors (Lipinski definition) is 5. The third-order valence-electron chi connectivity index (χ3n) is 2.70. The van der Waals surface area contributed by atoms with Crippen LogP contribution < -0.4 is 5.32 Å². The van der Waals surface area contributed by atoms with Crippen LogP contribution >= 0.6 is 0 Å². The fourth-order valence-corrected chi connectivity index (χ4v) is 1.81. The van der Waals surface area contributed by atoms with Crippen LogP contribution in [0.3, 0.4) is 0 Å². The van der Waals surface area contributed by atoms with Crippen molar-refractivity contribution >= 4 is 11.9 Å². The van der Waals surface area contributed by atoms with Crippen molar-refractivity contribution in [2.24, 2.45) is 0 Å². The van der Waals surface area contributed by atoms with Crippen LogP contribution in [0.15, 0.2) is 4.63 Å². The van der Waals surface area contributed by atoms with Gasteiger partial charge in [-0.05, 0) is 37.8 Å². The van der Waals surface area contributed by atoms with E-state index in [2.05, 4.69) is 20.3 Å². The molecule has 6 nitrogen and oxygen atoms in total. The minimum absolute atomic E-state index is 0.0360. The summed E-state index contributed by atoms with van der Waals surface area (Å²) in [5.74, 6) is 0.320. The first kappa shape index (κ1) is 10.9. The van der Waals surface area contributed by atoms with Crippen molar-refractivity contribution in [1.29, 1.82) is 0 Å².